The maximum Gasteiger partial charge on any atom is 0.254 e. The molecule has 0 radical (unpaired) electrons. The highest BCUT2D eigenvalue weighted by Crippen LogP contribution is 2.19. The maximum atomic E-state index is 12.9. The van der Waals surface area contributed by atoms with Gasteiger partial charge in [0.2, 0.25) is 0 Å². The monoisotopic (exact) mass is 355 g/mol. The van der Waals surface area contributed by atoms with Gasteiger partial charge in [0, 0.05) is 20.9 Å². The Hall–Kier alpha value is -2.24. The summed E-state index contributed by atoms with van der Waals surface area (Å²) in [5.74, 6) is -0.0186. The standard InChI is InChI=1S/C19H17NO2S2/c1-14(21)15-6-8-16(9-7-15)19(22)20(12-17-4-2-10-23-17)13-18-5-3-11-24-18/h2-11H,12-13H2,1H3. The number of benzene rings is 1. The lowest BCUT2D eigenvalue weighted by Crippen LogP contribution is -2.29. The average molecular weight is 355 g/mol. The van der Waals surface area contributed by atoms with E-state index >= 15 is 0 Å². The lowest BCUT2D eigenvalue weighted by molar-refractivity contribution is 0.0733. The van der Waals surface area contributed by atoms with Crippen molar-refractivity contribution < 1.29 is 9.59 Å². The Labute approximate surface area is 149 Å². The Morgan fingerprint density at radius 2 is 1.33 bits per heavy atom. The number of thiophene rings is 2. The highest BCUT2D eigenvalue weighted by Gasteiger charge is 2.18. The van der Waals surface area contributed by atoms with Crippen molar-refractivity contribution in [1.29, 1.82) is 0 Å². The Morgan fingerprint density at radius 3 is 1.75 bits per heavy atom. The van der Waals surface area contributed by atoms with Gasteiger partial charge in [-0.1, -0.05) is 24.3 Å². The smallest absolute Gasteiger partial charge is 0.254 e. The van der Waals surface area contributed by atoms with Gasteiger partial charge in [0.15, 0.2) is 5.78 Å². The van der Waals surface area contributed by atoms with Gasteiger partial charge in [-0.3, -0.25) is 9.59 Å². The molecule has 0 aliphatic heterocycles. The lowest BCUT2D eigenvalue weighted by Gasteiger charge is -2.22. The number of hydrogen-bond donors (Lipinski definition) is 0. The number of nitrogens with zero attached hydrogens (tertiary/aromatic N) is 1. The average Bonchev–Trinajstić information content (AvgIpc) is 3.27. The second-order valence-corrected chi connectivity index (χ2v) is 7.52. The van der Waals surface area contributed by atoms with E-state index in [0.29, 0.717) is 24.2 Å². The van der Waals surface area contributed by atoms with Crippen LogP contribution in [0.15, 0.2) is 59.3 Å². The van der Waals surface area contributed by atoms with Crippen LogP contribution >= 0.6 is 22.7 Å². The molecule has 0 spiro atoms. The van der Waals surface area contributed by atoms with Gasteiger partial charge in [-0.2, -0.15) is 0 Å². The van der Waals surface area contributed by atoms with Crippen molar-refractivity contribution in [3.05, 3.63) is 80.2 Å². The molecule has 2 aromatic heterocycles. The first-order chi connectivity index (χ1) is 11.6. The van der Waals surface area contributed by atoms with E-state index in [0.717, 1.165) is 9.75 Å². The number of ketones is 1. The number of Topliss-reactive ketones (excluding diaryl/α,β-unsaturated/α-hetero) is 1. The molecule has 3 rings (SSSR count). The van der Waals surface area contributed by atoms with Crippen LogP contribution in [0.2, 0.25) is 0 Å². The number of rotatable bonds is 6. The minimum Gasteiger partial charge on any atom is -0.328 e. The molecule has 0 fully saturated rings. The highest BCUT2D eigenvalue weighted by atomic mass is 32.1. The van der Waals surface area contributed by atoms with Gasteiger partial charge in [0.1, 0.15) is 0 Å². The quantitative estimate of drug-likeness (QED) is 0.593. The van der Waals surface area contributed by atoms with Gasteiger partial charge < -0.3 is 4.90 Å². The van der Waals surface area contributed by atoms with Gasteiger partial charge >= 0.3 is 0 Å². The summed E-state index contributed by atoms with van der Waals surface area (Å²) in [7, 11) is 0. The molecule has 0 aliphatic carbocycles. The minimum atomic E-state index is -0.0214. The lowest BCUT2D eigenvalue weighted by atomic mass is 10.1. The van der Waals surface area contributed by atoms with Crippen LogP contribution in [-0.4, -0.2) is 16.6 Å². The summed E-state index contributed by atoms with van der Waals surface area (Å²) in [4.78, 5) is 28.5. The number of hydrogen-bond acceptors (Lipinski definition) is 4. The normalized spacial score (nSPS) is 10.5. The molecule has 1 amide bonds. The van der Waals surface area contributed by atoms with E-state index < -0.39 is 0 Å². The Morgan fingerprint density at radius 1 is 0.833 bits per heavy atom. The molecule has 0 aliphatic rings. The van der Waals surface area contributed by atoms with Crippen molar-refractivity contribution in [2.45, 2.75) is 20.0 Å². The van der Waals surface area contributed by atoms with Gasteiger partial charge in [-0.25, -0.2) is 0 Å². The largest absolute Gasteiger partial charge is 0.328 e. The number of carbonyl (C=O) groups is 2. The van der Waals surface area contributed by atoms with Crippen LogP contribution in [0.4, 0.5) is 0 Å². The number of amides is 1. The van der Waals surface area contributed by atoms with Crippen molar-refractivity contribution >= 4 is 34.4 Å². The zero-order valence-electron chi connectivity index (χ0n) is 13.3. The predicted molar refractivity (Wildman–Crippen MR) is 98.7 cm³/mol. The summed E-state index contributed by atoms with van der Waals surface area (Å²) in [5.41, 5.74) is 1.22. The molecule has 0 unspecified atom stereocenters. The Bertz CT molecular complexity index is 769. The first kappa shape index (κ1) is 16.6. The van der Waals surface area contributed by atoms with Gasteiger partial charge in [0.25, 0.3) is 5.91 Å². The summed E-state index contributed by atoms with van der Waals surface area (Å²) in [6, 6.07) is 15.0. The fourth-order valence-corrected chi connectivity index (χ4v) is 3.85. The van der Waals surface area contributed by atoms with E-state index in [1.807, 2.05) is 39.9 Å². The Kier molecular flexibility index (Phi) is 5.23. The van der Waals surface area contributed by atoms with Crippen LogP contribution in [-0.2, 0) is 13.1 Å². The summed E-state index contributed by atoms with van der Waals surface area (Å²) < 4.78 is 0. The first-order valence-corrected chi connectivity index (χ1v) is 9.34. The Balaban J connectivity index is 1.82. The molecule has 0 atom stereocenters. The maximum absolute atomic E-state index is 12.9. The topological polar surface area (TPSA) is 37.4 Å². The van der Waals surface area contributed by atoms with Crippen molar-refractivity contribution in [3.63, 3.8) is 0 Å². The molecule has 0 saturated carbocycles. The molecule has 1 aromatic carbocycles. The molecule has 5 heteroatoms. The van der Waals surface area contributed by atoms with Crippen molar-refractivity contribution in [1.82, 2.24) is 4.90 Å². The molecule has 0 saturated heterocycles. The third-order valence-electron chi connectivity index (χ3n) is 3.68. The fraction of sp³-hybridized carbons (Fsp3) is 0.158. The minimum absolute atomic E-state index is 0.00280. The van der Waals surface area contributed by atoms with Crippen LogP contribution in [0, 0.1) is 0 Å². The zero-order valence-corrected chi connectivity index (χ0v) is 14.9. The highest BCUT2D eigenvalue weighted by molar-refractivity contribution is 7.10. The molecule has 24 heavy (non-hydrogen) atoms. The summed E-state index contributed by atoms with van der Waals surface area (Å²) in [6.07, 6.45) is 0. The third kappa shape index (κ3) is 3.99. The summed E-state index contributed by atoms with van der Waals surface area (Å²) in [5, 5.41) is 4.04. The van der Waals surface area contributed by atoms with E-state index in [-0.39, 0.29) is 11.7 Å². The van der Waals surface area contributed by atoms with Crippen LogP contribution < -0.4 is 0 Å². The van der Waals surface area contributed by atoms with E-state index in [4.69, 9.17) is 0 Å². The van der Waals surface area contributed by atoms with Crippen LogP contribution in [0.25, 0.3) is 0 Å². The van der Waals surface area contributed by atoms with Crippen molar-refractivity contribution in [2.75, 3.05) is 0 Å². The van der Waals surface area contributed by atoms with Crippen LogP contribution in [0.1, 0.15) is 37.4 Å². The van der Waals surface area contributed by atoms with E-state index in [9.17, 15) is 9.59 Å². The van der Waals surface area contributed by atoms with E-state index in [2.05, 4.69) is 0 Å². The van der Waals surface area contributed by atoms with Gasteiger partial charge in [-0.15, -0.1) is 22.7 Å². The number of carbonyl (C=O) groups excluding carboxylic acids is 2. The molecule has 3 aromatic rings. The summed E-state index contributed by atoms with van der Waals surface area (Å²) >= 11 is 3.30. The second-order valence-electron chi connectivity index (χ2n) is 5.45. The SMILES string of the molecule is CC(=O)c1ccc(C(=O)N(Cc2cccs2)Cc2cccs2)cc1. The molecule has 122 valence electrons. The van der Waals surface area contributed by atoms with E-state index in [1.54, 1.807) is 46.9 Å². The van der Waals surface area contributed by atoms with Crippen LogP contribution in [0.5, 0.6) is 0 Å². The molecular weight excluding hydrogens is 338 g/mol. The van der Waals surface area contributed by atoms with Crippen molar-refractivity contribution in [3.8, 4) is 0 Å². The summed E-state index contributed by atoms with van der Waals surface area (Å²) in [6.45, 7) is 2.70. The zero-order chi connectivity index (χ0) is 16.9. The van der Waals surface area contributed by atoms with E-state index in [1.165, 1.54) is 6.92 Å². The molecule has 0 bridgehead atoms. The molecular formula is C19H17NO2S2. The molecule has 2 heterocycles. The molecule has 3 nitrogen and oxygen atoms in total. The predicted octanol–water partition coefficient (Wildman–Crippen LogP) is 4.85. The second kappa shape index (κ2) is 7.55. The van der Waals surface area contributed by atoms with Gasteiger partial charge in [0.05, 0.1) is 13.1 Å². The van der Waals surface area contributed by atoms with Crippen molar-refractivity contribution in [2.24, 2.45) is 0 Å². The first-order valence-electron chi connectivity index (χ1n) is 7.58. The fourth-order valence-electron chi connectivity index (χ4n) is 2.41. The molecule has 0 N–H and O–H groups in total. The van der Waals surface area contributed by atoms with Crippen LogP contribution in [0.3, 0.4) is 0 Å². The van der Waals surface area contributed by atoms with Gasteiger partial charge in [-0.05, 0) is 41.9 Å². The third-order valence-corrected chi connectivity index (χ3v) is 5.40.